The Balaban J connectivity index is 2.29. The molecule has 0 aliphatic rings. The second-order valence-electron chi connectivity index (χ2n) is 4.07. The van der Waals surface area contributed by atoms with Crippen molar-refractivity contribution < 1.29 is 31.5 Å². The van der Waals surface area contributed by atoms with Crippen molar-refractivity contribution >= 4 is 5.97 Å². The number of alkyl halides is 3. The smallest absolute Gasteiger partial charge is 0.416 e. The fourth-order valence-electron chi connectivity index (χ4n) is 1.57. The number of hydrogen-bond donors (Lipinski definition) is 0. The highest BCUT2D eigenvalue weighted by Crippen LogP contribution is 2.30. The molecule has 0 fully saturated rings. The molecule has 2 aromatic carbocycles. The number of hydrogen-bond acceptors (Lipinski definition) is 2. The second kappa shape index (κ2) is 5.51. The molecule has 0 bridgehead atoms. The first-order valence-corrected chi connectivity index (χ1v) is 5.61. The fraction of sp³-hybridized carbons (Fsp3) is 0.0714. The highest BCUT2D eigenvalue weighted by atomic mass is 19.4. The number of benzene rings is 2. The molecule has 0 N–H and O–H groups in total. The largest absolute Gasteiger partial charge is 0.423 e. The number of ether oxygens (including phenoxy) is 1. The average molecular weight is 302 g/mol. The van der Waals surface area contributed by atoms with E-state index in [1.807, 2.05) is 0 Å². The van der Waals surface area contributed by atoms with Crippen LogP contribution >= 0.6 is 0 Å². The van der Waals surface area contributed by atoms with Crippen LogP contribution in [0.3, 0.4) is 0 Å². The fourth-order valence-corrected chi connectivity index (χ4v) is 1.57. The van der Waals surface area contributed by atoms with E-state index in [1.54, 1.807) is 0 Å². The molecule has 0 heterocycles. The molecule has 21 heavy (non-hydrogen) atoms. The van der Waals surface area contributed by atoms with Crippen molar-refractivity contribution in [2.24, 2.45) is 0 Å². The summed E-state index contributed by atoms with van der Waals surface area (Å²) in [6.45, 7) is 0. The van der Waals surface area contributed by atoms with Crippen molar-refractivity contribution in [1.82, 2.24) is 0 Å². The summed E-state index contributed by atoms with van der Waals surface area (Å²) in [4.78, 5) is 11.7. The minimum absolute atomic E-state index is 0.196. The third-order valence-electron chi connectivity index (χ3n) is 2.47. The van der Waals surface area contributed by atoms with Gasteiger partial charge in [-0.1, -0.05) is 6.07 Å². The predicted molar refractivity (Wildman–Crippen MR) is 62.8 cm³/mol. The van der Waals surface area contributed by atoms with E-state index in [4.69, 9.17) is 4.74 Å². The Bertz CT molecular complexity index is 679. The highest BCUT2D eigenvalue weighted by molar-refractivity contribution is 5.91. The third-order valence-corrected chi connectivity index (χ3v) is 2.47. The van der Waals surface area contributed by atoms with Crippen molar-refractivity contribution in [1.29, 1.82) is 0 Å². The molecule has 2 nitrogen and oxygen atoms in total. The maximum absolute atomic E-state index is 13.2. The van der Waals surface area contributed by atoms with E-state index in [9.17, 15) is 26.7 Å². The molecule has 0 saturated carbocycles. The molecule has 0 unspecified atom stereocenters. The number of halogens is 5. The van der Waals surface area contributed by atoms with E-state index in [1.165, 1.54) is 12.1 Å². The maximum atomic E-state index is 13.2. The Morgan fingerprint density at radius 1 is 0.952 bits per heavy atom. The molecule has 0 amide bonds. The van der Waals surface area contributed by atoms with Crippen molar-refractivity contribution in [3.63, 3.8) is 0 Å². The van der Waals surface area contributed by atoms with Gasteiger partial charge in [0.1, 0.15) is 17.4 Å². The van der Waals surface area contributed by atoms with E-state index in [2.05, 4.69) is 0 Å². The lowest BCUT2D eigenvalue weighted by molar-refractivity contribution is -0.137. The lowest BCUT2D eigenvalue weighted by atomic mass is 10.1. The molecule has 2 aromatic rings. The van der Waals surface area contributed by atoms with Gasteiger partial charge in [-0.2, -0.15) is 13.2 Å². The van der Waals surface area contributed by atoms with Crippen LogP contribution in [0.2, 0.25) is 0 Å². The molecule has 7 heteroatoms. The Labute approximate surface area is 115 Å². The van der Waals surface area contributed by atoms with Crippen LogP contribution in [0.1, 0.15) is 15.9 Å². The molecule has 0 aliphatic heterocycles. The van der Waals surface area contributed by atoms with Crippen LogP contribution in [0.4, 0.5) is 22.0 Å². The lowest BCUT2D eigenvalue weighted by Gasteiger charge is -2.09. The minimum atomic E-state index is -4.80. The standard InChI is InChI=1S/C14H7F5O2/c15-10-2-1-3-12(7-10)21-13(20)8-4-9(14(17,18)19)6-11(16)5-8/h1-7H. The average Bonchev–Trinajstić information content (AvgIpc) is 2.37. The van der Waals surface area contributed by atoms with Crippen molar-refractivity contribution in [2.75, 3.05) is 0 Å². The Kier molecular flexibility index (Phi) is 3.93. The summed E-state index contributed by atoms with van der Waals surface area (Å²) in [6, 6.07) is 5.80. The first kappa shape index (κ1) is 15.0. The normalized spacial score (nSPS) is 11.3. The number of rotatable bonds is 2. The zero-order chi connectivity index (χ0) is 15.6. The molecule has 0 radical (unpaired) electrons. The number of carbonyl (C=O) groups is 1. The molecule has 2 rings (SSSR count). The van der Waals surface area contributed by atoms with Gasteiger partial charge in [-0.3, -0.25) is 0 Å². The van der Waals surface area contributed by atoms with Gasteiger partial charge >= 0.3 is 12.1 Å². The summed E-state index contributed by atoms with van der Waals surface area (Å²) < 4.78 is 68.3. The van der Waals surface area contributed by atoms with Gasteiger partial charge < -0.3 is 4.74 Å². The number of esters is 1. The molecule has 0 spiro atoms. The summed E-state index contributed by atoms with van der Waals surface area (Å²) >= 11 is 0. The Morgan fingerprint density at radius 3 is 2.29 bits per heavy atom. The number of carbonyl (C=O) groups excluding carboxylic acids is 1. The van der Waals surface area contributed by atoms with Gasteiger partial charge in [-0.05, 0) is 30.3 Å². The quantitative estimate of drug-likeness (QED) is 0.472. The van der Waals surface area contributed by atoms with E-state index < -0.39 is 34.9 Å². The second-order valence-corrected chi connectivity index (χ2v) is 4.07. The topological polar surface area (TPSA) is 26.3 Å². The van der Waals surface area contributed by atoms with Gasteiger partial charge in [-0.25, -0.2) is 13.6 Å². The highest BCUT2D eigenvalue weighted by Gasteiger charge is 2.32. The molecule has 0 aromatic heterocycles. The first-order chi connectivity index (χ1) is 9.75. The van der Waals surface area contributed by atoms with E-state index in [0.29, 0.717) is 12.1 Å². The van der Waals surface area contributed by atoms with Crippen LogP contribution in [0.15, 0.2) is 42.5 Å². The van der Waals surface area contributed by atoms with Crippen molar-refractivity contribution in [2.45, 2.75) is 6.18 Å². The van der Waals surface area contributed by atoms with Gasteiger partial charge in [0.25, 0.3) is 0 Å². The summed E-state index contributed by atoms with van der Waals surface area (Å²) in [7, 11) is 0. The minimum Gasteiger partial charge on any atom is -0.423 e. The maximum Gasteiger partial charge on any atom is 0.416 e. The van der Waals surface area contributed by atoms with Crippen LogP contribution < -0.4 is 4.74 Å². The molecular formula is C14H7F5O2. The van der Waals surface area contributed by atoms with Gasteiger partial charge in [-0.15, -0.1) is 0 Å². The zero-order valence-corrected chi connectivity index (χ0v) is 10.2. The summed E-state index contributed by atoms with van der Waals surface area (Å²) in [5.41, 5.74) is -1.93. The van der Waals surface area contributed by atoms with E-state index >= 15 is 0 Å². The molecule has 0 atom stereocenters. The molecule has 0 aliphatic carbocycles. The Hall–Kier alpha value is -2.44. The van der Waals surface area contributed by atoms with Crippen LogP contribution in [-0.4, -0.2) is 5.97 Å². The van der Waals surface area contributed by atoms with E-state index in [-0.39, 0.29) is 11.8 Å². The summed E-state index contributed by atoms with van der Waals surface area (Å²) in [5, 5.41) is 0. The van der Waals surface area contributed by atoms with Gasteiger partial charge in [0.05, 0.1) is 11.1 Å². The monoisotopic (exact) mass is 302 g/mol. The predicted octanol–water partition coefficient (Wildman–Crippen LogP) is 4.20. The van der Waals surface area contributed by atoms with Crippen LogP contribution in [0, 0.1) is 11.6 Å². The third kappa shape index (κ3) is 3.77. The van der Waals surface area contributed by atoms with Crippen molar-refractivity contribution in [3.05, 3.63) is 65.2 Å². The van der Waals surface area contributed by atoms with E-state index in [0.717, 1.165) is 12.1 Å². The summed E-state index contributed by atoms with van der Waals surface area (Å²) in [5.74, 6) is -3.32. The van der Waals surface area contributed by atoms with Crippen LogP contribution in [0.25, 0.3) is 0 Å². The summed E-state index contributed by atoms with van der Waals surface area (Å²) in [6.07, 6.45) is -4.80. The molecule has 110 valence electrons. The first-order valence-electron chi connectivity index (χ1n) is 5.61. The lowest BCUT2D eigenvalue weighted by Crippen LogP contribution is -2.12. The van der Waals surface area contributed by atoms with Crippen molar-refractivity contribution in [3.8, 4) is 5.75 Å². The Morgan fingerprint density at radius 2 is 1.67 bits per heavy atom. The van der Waals surface area contributed by atoms with Gasteiger partial charge in [0.2, 0.25) is 0 Å². The SMILES string of the molecule is O=C(Oc1cccc(F)c1)c1cc(F)cc(C(F)(F)F)c1. The van der Waals surface area contributed by atoms with Gasteiger partial charge in [0.15, 0.2) is 0 Å². The molecule has 0 saturated heterocycles. The van der Waals surface area contributed by atoms with Crippen LogP contribution in [0.5, 0.6) is 5.75 Å². The zero-order valence-electron chi connectivity index (χ0n) is 10.2. The molecular weight excluding hydrogens is 295 g/mol. The van der Waals surface area contributed by atoms with Gasteiger partial charge in [0, 0.05) is 6.07 Å². The van der Waals surface area contributed by atoms with Crippen LogP contribution in [-0.2, 0) is 6.18 Å².